The summed E-state index contributed by atoms with van der Waals surface area (Å²) in [5.74, 6) is 0.0636. The van der Waals surface area contributed by atoms with Crippen LogP contribution in [0.25, 0.3) is 0 Å². The van der Waals surface area contributed by atoms with Crippen molar-refractivity contribution in [1.29, 1.82) is 0 Å². The first-order chi connectivity index (χ1) is 12.6. The number of carbonyl (C=O) groups excluding carboxylic acids is 2. The molecular weight excluding hydrogens is 328 g/mol. The summed E-state index contributed by atoms with van der Waals surface area (Å²) in [5, 5.41) is 3.15. The number of piperazine rings is 1. The van der Waals surface area contributed by atoms with E-state index in [0.717, 1.165) is 18.4 Å². The lowest BCUT2D eigenvalue weighted by molar-refractivity contribution is -0.133. The Morgan fingerprint density at radius 3 is 2.27 bits per heavy atom. The molecule has 1 atom stereocenters. The van der Waals surface area contributed by atoms with Gasteiger partial charge in [0.2, 0.25) is 5.91 Å². The number of nitrogens with one attached hydrogen (secondary N) is 1. The lowest BCUT2D eigenvalue weighted by Gasteiger charge is -2.36. The van der Waals surface area contributed by atoms with Crippen LogP contribution in [-0.4, -0.2) is 54.0 Å². The molecule has 3 amide bonds. The summed E-state index contributed by atoms with van der Waals surface area (Å²) in [6, 6.07) is 9.76. The van der Waals surface area contributed by atoms with Gasteiger partial charge in [-0.05, 0) is 18.4 Å². The Kier molecular flexibility index (Phi) is 6.50. The topological polar surface area (TPSA) is 78.7 Å². The van der Waals surface area contributed by atoms with Crippen molar-refractivity contribution in [1.82, 2.24) is 15.1 Å². The molecule has 3 rings (SSSR count). The van der Waals surface area contributed by atoms with E-state index in [0.29, 0.717) is 38.6 Å². The molecule has 1 aromatic carbocycles. The fourth-order valence-corrected chi connectivity index (χ4v) is 3.81. The second-order valence-electron chi connectivity index (χ2n) is 7.37. The average molecular weight is 358 g/mol. The van der Waals surface area contributed by atoms with Gasteiger partial charge in [0.1, 0.15) is 0 Å². The quantitative estimate of drug-likeness (QED) is 0.866. The molecule has 142 valence electrons. The van der Waals surface area contributed by atoms with E-state index in [1.54, 1.807) is 0 Å². The molecule has 1 saturated heterocycles. The van der Waals surface area contributed by atoms with Gasteiger partial charge in [-0.1, -0.05) is 49.6 Å². The first kappa shape index (κ1) is 18.7. The van der Waals surface area contributed by atoms with Crippen LogP contribution in [0.15, 0.2) is 30.3 Å². The van der Waals surface area contributed by atoms with Crippen LogP contribution in [0.5, 0.6) is 0 Å². The van der Waals surface area contributed by atoms with Crippen molar-refractivity contribution in [2.75, 3.05) is 26.2 Å². The maximum Gasteiger partial charge on any atom is 0.317 e. The van der Waals surface area contributed by atoms with E-state index < -0.39 is 0 Å². The van der Waals surface area contributed by atoms with Crippen LogP contribution in [0.1, 0.15) is 50.1 Å². The standard InChI is InChI=1S/C20H30N4O2/c21-18(16-7-3-1-4-8-16)15-19(25)23-11-13-24(14-12-23)20(26)22-17-9-5-2-6-10-17/h1,3-4,7-8,17-18H,2,5-6,9-15,21H2,(H,22,26). The average Bonchev–Trinajstić information content (AvgIpc) is 2.69. The Morgan fingerprint density at radius 1 is 1.00 bits per heavy atom. The first-order valence-corrected chi connectivity index (χ1v) is 9.77. The lowest BCUT2D eigenvalue weighted by atomic mass is 9.96. The second kappa shape index (κ2) is 9.03. The molecule has 26 heavy (non-hydrogen) atoms. The van der Waals surface area contributed by atoms with Crippen molar-refractivity contribution in [3.05, 3.63) is 35.9 Å². The van der Waals surface area contributed by atoms with Crippen LogP contribution in [0.4, 0.5) is 4.79 Å². The highest BCUT2D eigenvalue weighted by Crippen LogP contribution is 2.18. The summed E-state index contributed by atoms with van der Waals surface area (Å²) in [6.45, 7) is 2.34. The van der Waals surface area contributed by atoms with Crippen molar-refractivity contribution in [3.63, 3.8) is 0 Å². The van der Waals surface area contributed by atoms with Gasteiger partial charge in [0, 0.05) is 44.7 Å². The number of benzene rings is 1. The van der Waals surface area contributed by atoms with E-state index in [2.05, 4.69) is 5.32 Å². The van der Waals surface area contributed by atoms with Crippen LogP contribution in [-0.2, 0) is 4.79 Å². The number of rotatable bonds is 4. The van der Waals surface area contributed by atoms with E-state index in [-0.39, 0.29) is 18.0 Å². The third-order valence-electron chi connectivity index (χ3n) is 5.47. The van der Waals surface area contributed by atoms with Crippen molar-refractivity contribution >= 4 is 11.9 Å². The Morgan fingerprint density at radius 2 is 1.62 bits per heavy atom. The largest absolute Gasteiger partial charge is 0.339 e. The molecular formula is C20H30N4O2. The monoisotopic (exact) mass is 358 g/mol. The minimum Gasteiger partial charge on any atom is -0.339 e. The Bertz CT molecular complexity index is 593. The van der Waals surface area contributed by atoms with E-state index in [4.69, 9.17) is 5.73 Å². The van der Waals surface area contributed by atoms with Crippen molar-refractivity contribution < 1.29 is 9.59 Å². The van der Waals surface area contributed by atoms with E-state index in [9.17, 15) is 9.59 Å². The predicted molar refractivity (Wildman–Crippen MR) is 102 cm³/mol. The molecule has 1 heterocycles. The Balaban J connectivity index is 1.42. The van der Waals surface area contributed by atoms with Gasteiger partial charge in [0.15, 0.2) is 0 Å². The highest BCUT2D eigenvalue weighted by atomic mass is 16.2. The lowest BCUT2D eigenvalue weighted by Crippen LogP contribution is -2.54. The number of nitrogens with two attached hydrogens (primary N) is 1. The molecule has 1 aliphatic heterocycles. The van der Waals surface area contributed by atoms with Gasteiger partial charge < -0.3 is 20.9 Å². The molecule has 0 spiro atoms. The smallest absolute Gasteiger partial charge is 0.317 e. The van der Waals surface area contributed by atoms with Crippen LogP contribution >= 0.6 is 0 Å². The maximum absolute atomic E-state index is 12.5. The van der Waals surface area contributed by atoms with Gasteiger partial charge >= 0.3 is 6.03 Å². The number of carbonyl (C=O) groups is 2. The summed E-state index contributed by atoms with van der Waals surface area (Å²) < 4.78 is 0. The number of urea groups is 1. The van der Waals surface area contributed by atoms with Gasteiger partial charge in [0.05, 0.1) is 0 Å². The maximum atomic E-state index is 12.5. The zero-order chi connectivity index (χ0) is 18.4. The number of amides is 3. The van der Waals surface area contributed by atoms with Crippen LogP contribution in [0.2, 0.25) is 0 Å². The molecule has 1 saturated carbocycles. The third-order valence-corrected chi connectivity index (χ3v) is 5.47. The molecule has 1 aliphatic carbocycles. The van der Waals surface area contributed by atoms with Gasteiger partial charge in [-0.25, -0.2) is 4.79 Å². The highest BCUT2D eigenvalue weighted by molar-refractivity contribution is 5.78. The molecule has 0 aromatic heterocycles. The SMILES string of the molecule is NC(CC(=O)N1CCN(C(=O)NC2CCCCC2)CC1)c1ccccc1. The molecule has 1 aromatic rings. The van der Waals surface area contributed by atoms with Crippen LogP contribution in [0.3, 0.4) is 0 Å². The zero-order valence-electron chi connectivity index (χ0n) is 15.4. The normalized spacial score (nSPS) is 19.9. The van der Waals surface area contributed by atoms with Gasteiger partial charge in [-0.2, -0.15) is 0 Å². The van der Waals surface area contributed by atoms with Crippen LogP contribution < -0.4 is 11.1 Å². The Hall–Kier alpha value is -2.08. The first-order valence-electron chi connectivity index (χ1n) is 9.77. The molecule has 0 radical (unpaired) electrons. The molecule has 2 aliphatic rings. The second-order valence-corrected chi connectivity index (χ2v) is 7.37. The molecule has 3 N–H and O–H groups in total. The summed E-state index contributed by atoms with van der Waals surface area (Å²) in [5.41, 5.74) is 7.14. The third kappa shape index (κ3) is 4.97. The molecule has 6 nitrogen and oxygen atoms in total. The minimum atomic E-state index is -0.281. The van der Waals surface area contributed by atoms with Gasteiger partial charge in [-0.15, -0.1) is 0 Å². The van der Waals surface area contributed by atoms with Crippen molar-refractivity contribution in [2.24, 2.45) is 5.73 Å². The van der Waals surface area contributed by atoms with Gasteiger partial charge in [0.25, 0.3) is 0 Å². The minimum absolute atomic E-state index is 0.0185. The summed E-state index contributed by atoms with van der Waals surface area (Å²) >= 11 is 0. The van der Waals surface area contributed by atoms with E-state index >= 15 is 0 Å². The fourth-order valence-electron chi connectivity index (χ4n) is 3.81. The zero-order valence-corrected chi connectivity index (χ0v) is 15.4. The summed E-state index contributed by atoms with van der Waals surface area (Å²) in [7, 11) is 0. The highest BCUT2D eigenvalue weighted by Gasteiger charge is 2.26. The number of hydrogen-bond acceptors (Lipinski definition) is 3. The molecule has 0 bridgehead atoms. The fraction of sp³-hybridized carbons (Fsp3) is 0.600. The Labute approximate surface area is 155 Å². The van der Waals surface area contributed by atoms with Crippen molar-refractivity contribution in [3.8, 4) is 0 Å². The molecule has 6 heteroatoms. The predicted octanol–water partition coefficient (Wildman–Crippen LogP) is 2.26. The summed E-state index contributed by atoms with van der Waals surface area (Å²) in [4.78, 5) is 28.6. The van der Waals surface area contributed by atoms with E-state index in [1.807, 2.05) is 40.1 Å². The van der Waals surface area contributed by atoms with Crippen molar-refractivity contribution in [2.45, 2.75) is 50.6 Å². The summed E-state index contributed by atoms with van der Waals surface area (Å²) in [6.07, 6.45) is 6.16. The molecule has 1 unspecified atom stereocenters. The number of nitrogens with zero attached hydrogens (tertiary/aromatic N) is 2. The van der Waals surface area contributed by atoms with E-state index in [1.165, 1.54) is 19.3 Å². The van der Waals surface area contributed by atoms with Gasteiger partial charge in [-0.3, -0.25) is 4.79 Å². The van der Waals surface area contributed by atoms with Crippen LogP contribution in [0, 0.1) is 0 Å². The molecule has 2 fully saturated rings. The number of hydrogen-bond donors (Lipinski definition) is 2.